The third kappa shape index (κ3) is 9.77. The summed E-state index contributed by atoms with van der Waals surface area (Å²) in [4.78, 5) is 11.7. The van der Waals surface area contributed by atoms with Gasteiger partial charge in [-0.05, 0) is 33.6 Å². The molecule has 2 unspecified atom stereocenters. The van der Waals surface area contributed by atoms with Crippen LogP contribution in [0.15, 0.2) is 0 Å². The van der Waals surface area contributed by atoms with Crippen LogP contribution < -0.4 is 5.32 Å². The molecule has 0 heterocycles. The van der Waals surface area contributed by atoms with Gasteiger partial charge in [0.05, 0.1) is 12.1 Å². The summed E-state index contributed by atoms with van der Waals surface area (Å²) < 4.78 is 5.20. The number of amides is 1. The van der Waals surface area contributed by atoms with Crippen LogP contribution >= 0.6 is 0 Å². The molecule has 0 saturated carbocycles. The first-order chi connectivity index (χ1) is 8.80. The molecule has 0 aromatic carbocycles. The molecule has 0 aliphatic carbocycles. The summed E-state index contributed by atoms with van der Waals surface area (Å²) in [5.41, 5.74) is -0.506. The molecule has 4 nitrogen and oxygen atoms in total. The van der Waals surface area contributed by atoms with E-state index in [0.29, 0.717) is 6.42 Å². The number of ether oxygens (including phenoxy) is 1. The average Bonchev–Trinajstić information content (AvgIpc) is 2.29. The second kappa shape index (κ2) is 9.18. The highest BCUT2D eigenvalue weighted by Gasteiger charge is 2.22. The summed E-state index contributed by atoms with van der Waals surface area (Å²) in [7, 11) is 0. The number of hydrogen-bond acceptors (Lipinski definition) is 3. The fourth-order valence-corrected chi connectivity index (χ4v) is 1.91. The van der Waals surface area contributed by atoms with Crippen molar-refractivity contribution in [2.24, 2.45) is 0 Å². The summed E-state index contributed by atoms with van der Waals surface area (Å²) in [6.45, 7) is 9.60. The highest BCUT2D eigenvalue weighted by Crippen LogP contribution is 2.12. The van der Waals surface area contributed by atoms with Crippen LogP contribution in [0.4, 0.5) is 4.79 Å². The molecule has 0 aromatic heterocycles. The topological polar surface area (TPSA) is 58.6 Å². The lowest BCUT2D eigenvalue weighted by Crippen LogP contribution is -2.45. The van der Waals surface area contributed by atoms with Crippen molar-refractivity contribution in [1.82, 2.24) is 5.32 Å². The van der Waals surface area contributed by atoms with Gasteiger partial charge in [-0.15, -0.1) is 0 Å². The number of rotatable bonds is 8. The summed E-state index contributed by atoms with van der Waals surface area (Å²) in [6.07, 6.45) is 5.01. The SMILES string of the molecule is CCCCCCC(O)C(CC)NC(=O)OC(C)(C)C. The van der Waals surface area contributed by atoms with E-state index in [4.69, 9.17) is 4.74 Å². The zero-order chi connectivity index (χ0) is 14.9. The Morgan fingerprint density at radius 2 is 1.84 bits per heavy atom. The van der Waals surface area contributed by atoms with Gasteiger partial charge in [-0.2, -0.15) is 0 Å². The summed E-state index contributed by atoms with van der Waals surface area (Å²) in [6, 6.07) is -0.225. The van der Waals surface area contributed by atoms with Crippen molar-refractivity contribution in [3.8, 4) is 0 Å². The van der Waals surface area contributed by atoms with Crippen LogP contribution in [0.3, 0.4) is 0 Å². The molecule has 0 aliphatic heterocycles. The standard InChI is InChI=1S/C15H31NO3/c1-6-8-9-10-11-13(17)12(7-2)16-14(18)19-15(3,4)5/h12-13,17H,6-11H2,1-5H3,(H,16,18). The van der Waals surface area contributed by atoms with Crippen molar-refractivity contribution in [2.45, 2.75) is 90.9 Å². The molecule has 0 rings (SSSR count). The Balaban J connectivity index is 4.07. The minimum atomic E-state index is -0.506. The molecule has 2 atom stereocenters. The maximum atomic E-state index is 11.7. The first-order valence-electron chi connectivity index (χ1n) is 7.47. The Kier molecular flexibility index (Phi) is 8.81. The molecule has 19 heavy (non-hydrogen) atoms. The summed E-state index contributed by atoms with van der Waals surface area (Å²) in [5, 5.41) is 12.8. The maximum Gasteiger partial charge on any atom is 0.407 e. The number of alkyl carbamates (subject to hydrolysis) is 1. The zero-order valence-electron chi connectivity index (χ0n) is 13.2. The van der Waals surface area contributed by atoms with Gasteiger partial charge >= 0.3 is 6.09 Å². The van der Waals surface area contributed by atoms with E-state index in [-0.39, 0.29) is 6.04 Å². The van der Waals surface area contributed by atoms with Crippen LogP contribution in [-0.2, 0) is 4.74 Å². The van der Waals surface area contributed by atoms with Crippen molar-refractivity contribution in [3.63, 3.8) is 0 Å². The van der Waals surface area contributed by atoms with Crippen molar-refractivity contribution in [2.75, 3.05) is 0 Å². The molecule has 0 radical (unpaired) electrons. The van der Waals surface area contributed by atoms with Gasteiger partial charge in [0, 0.05) is 0 Å². The molecule has 114 valence electrons. The molecule has 0 bridgehead atoms. The quantitative estimate of drug-likeness (QED) is 0.664. The molecular weight excluding hydrogens is 242 g/mol. The lowest BCUT2D eigenvalue weighted by atomic mass is 10.0. The molecule has 0 saturated heterocycles. The highest BCUT2D eigenvalue weighted by atomic mass is 16.6. The average molecular weight is 273 g/mol. The minimum Gasteiger partial charge on any atom is -0.444 e. The first-order valence-corrected chi connectivity index (χ1v) is 7.47. The number of nitrogens with one attached hydrogen (secondary N) is 1. The smallest absolute Gasteiger partial charge is 0.407 e. The van der Waals surface area contributed by atoms with Crippen LogP contribution in [0.25, 0.3) is 0 Å². The monoisotopic (exact) mass is 273 g/mol. The molecule has 0 fully saturated rings. The largest absolute Gasteiger partial charge is 0.444 e. The second-order valence-corrected chi connectivity index (χ2v) is 6.08. The van der Waals surface area contributed by atoms with Crippen LogP contribution in [0.1, 0.15) is 73.1 Å². The lowest BCUT2D eigenvalue weighted by molar-refractivity contribution is 0.0407. The van der Waals surface area contributed by atoms with Gasteiger partial charge in [0.2, 0.25) is 0 Å². The van der Waals surface area contributed by atoms with E-state index in [1.54, 1.807) is 0 Å². The Hall–Kier alpha value is -0.770. The van der Waals surface area contributed by atoms with E-state index in [9.17, 15) is 9.90 Å². The molecule has 4 heteroatoms. The van der Waals surface area contributed by atoms with Crippen LogP contribution in [-0.4, -0.2) is 28.9 Å². The van der Waals surface area contributed by atoms with Crippen LogP contribution in [0.5, 0.6) is 0 Å². The summed E-state index contributed by atoms with van der Waals surface area (Å²) in [5.74, 6) is 0. The van der Waals surface area contributed by atoms with Crippen LogP contribution in [0.2, 0.25) is 0 Å². The van der Waals surface area contributed by atoms with Crippen molar-refractivity contribution >= 4 is 6.09 Å². The number of hydrogen-bond donors (Lipinski definition) is 2. The lowest BCUT2D eigenvalue weighted by Gasteiger charge is -2.26. The molecule has 0 aliphatic rings. The van der Waals surface area contributed by atoms with Crippen molar-refractivity contribution < 1.29 is 14.6 Å². The number of aliphatic hydroxyl groups is 1. The van der Waals surface area contributed by atoms with Crippen LogP contribution in [0, 0.1) is 0 Å². The fourth-order valence-electron chi connectivity index (χ4n) is 1.91. The van der Waals surface area contributed by atoms with E-state index < -0.39 is 17.8 Å². The summed E-state index contributed by atoms with van der Waals surface area (Å²) >= 11 is 0. The van der Waals surface area contributed by atoms with E-state index in [0.717, 1.165) is 19.3 Å². The van der Waals surface area contributed by atoms with E-state index in [1.165, 1.54) is 12.8 Å². The van der Waals surface area contributed by atoms with Gasteiger partial charge in [-0.3, -0.25) is 0 Å². The second-order valence-electron chi connectivity index (χ2n) is 6.08. The highest BCUT2D eigenvalue weighted by molar-refractivity contribution is 5.68. The number of carbonyl (C=O) groups excluding carboxylic acids is 1. The van der Waals surface area contributed by atoms with E-state index in [2.05, 4.69) is 12.2 Å². The minimum absolute atomic E-state index is 0.225. The Bertz CT molecular complexity index is 248. The molecule has 1 amide bonds. The molecular formula is C15H31NO3. The van der Waals surface area contributed by atoms with E-state index in [1.807, 2.05) is 27.7 Å². The van der Waals surface area contributed by atoms with Gasteiger partial charge in [-0.25, -0.2) is 4.79 Å². The van der Waals surface area contributed by atoms with Gasteiger partial charge in [0.15, 0.2) is 0 Å². The predicted molar refractivity (Wildman–Crippen MR) is 78.2 cm³/mol. The van der Waals surface area contributed by atoms with Gasteiger partial charge in [0.1, 0.15) is 5.60 Å². The molecule has 0 aromatic rings. The Morgan fingerprint density at radius 3 is 2.32 bits per heavy atom. The zero-order valence-corrected chi connectivity index (χ0v) is 13.2. The number of aliphatic hydroxyl groups excluding tert-OH is 1. The van der Waals surface area contributed by atoms with Gasteiger partial charge in [-0.1, -0.05) is 39.5 Å². The third-order valence-electron chi connectivity index (χ3n) is 2.96. The van der Waals surface area contributed by atoms with Gasteiger partial charge < -0.3 is 15.2 Å². The first kappa shape index (κ1) is 18.2. The maximum absolute atomic E-state index is 11.7. The molecule has 0 spiro atoms. The predicted octanol–water partition coefficient (Wildman–Crippen LogP) is 3.62. The normalized spacial score (nSPS) is 14.8. The third-order valence-corrected chi connectivity index (χ3v) is 2.96. The molecule has 2 N–H and O–H groups in total. The number of unbranched alkanes of at least 4 members (excludes halogenated alkanes) is 3. The van der Waals surface area contributed by atoms with Gasteiger partial charge in [0.25, 0.3) is 0 Å². The van der Waals surface area contributed by atoms with E-state index >= 15 is 0 Å². The Labute approximate surface area is 117 Å². The fraction of sp³-hybridized carbons (Fsp3) is 0.933. The number of carbonyl (C=O) groups is 1. The van der Waals surface area contributed by atoms with Crippen molar-refractivity contribution in [1.29, 1.82) is 0 Å². The Morgan fingerprint density at radius 1 is 1.21 bits per heavy atom. The van der Waals surface area contributed by atoms with Crippen molar-refractivity contribution in [3.05, 3.63) is 0 Å².